The Balaban J connectivity index is 1.68. The van der Waals surface area contributed by atoms with Gasteiger partial charge in [-0.15, -0.1) is 0 Å². The Morgan fingerprint density at radius 2 is 1.49 bits per heavy atom. The van der Waals surface area contributed by atoms with Crippen LogP contribution in [0.5, 0.6) is 0 Å². The van der Waals surface area contributed by atoms with E-state index in [2.05, 4.69) is 0 Å². The second-order valence-electron chi connectivity index (χ2n) is 11.8. The number of likely N-dealkylation sites (N-methyl/N-ethyl adjacent to an activating group) is 1. The molecule has 0 N–H and O–H groups in total. The van der Waals surface area contributed by atoms with Gasteiger partial charge in [-0.25, -0.2) is 9.59 Å². The lowest BCUT2D eigenvalue weighted by molar-refractivity contribution is -0.143. The molecule has 4 atom stereocenters. The number of ether oxygens (including phenoxy) is 1. The number of urea groups is 1. The molecule has 2 aromatic rings. The average molecular weight is 586 g/mol. The number of hydrogen-bond donors (Lipinski definition) is 0. The minimum Gasteiger partial charge on any atom is -0.444 e. The minimum atomic E-state index is -5.01. The fourth-order valence-corrected chi connectivity index (χ4v) is 5.71. The van der Waals surface area contributed by atoms with Gasteiger partial charge in [0.25, 0.3) is 0 Å². The molecule has 2 aromatic carbocycles. The Bertz CT molecular complexity index is 1280. The molecule has 1 saturated heterocycles. The van der Waals surface area contributed by atoms with Gasteiger partial charge in [-0.3, -0.25) is 0 Å². The minimum absolute atomic E-state index is 0.0632. The van der Waals surface area contributed by atoms with Gasteiger partial charge in [0.15, 0.2) is 0 Å². The summed E-state index contributed by atoms with van der Waals surface area (Å²) in [7, 11) is 2.96. The third kappa shape index (κ3) is 5.83. The molecule has 12 heteroatoms. The van der Waals surface area contributed by atoms with Gasteiger partial charge in [-0.2, -0.15) is 26.3 Å². The summed E-state index contributed by atoms with van der Waals surface area (Å²) < 4.78 is 86.5. The monoisotopic (exact) mass is 585 g/mol. The summed E-state index contributed by atoms with van der Waals surface area (Å²) in [6.07, 6.45) is -9.97. The first-order valence-corrected chi connectivity index (χ1v) is 13.1. The van der Waals surface area contributed by atoms with Crippen molar-refractivity contribution in [2.75, 3.05) is 20.6 Å². The Morgan fingerprint density at radius 1 is 0.951 bits per heavy atom. The van der Waals surface area contributed by atoms with Crippen molar-refractivity contribution in [2.24, 2.45) is 5.92 Å². The predicted octanol–water partition coefficient (Wildman–Crippen LogP) is 7.52. The maximum absolute atomic E-state index is 13.9. The number of piperidine rings is 1. The molecule has 3 amide bonds. The third-order valence-corrected chi connectivity index (χ3v) is 7.95. The van der Waals surface area contributed by atoms with Crippen LogP contribution in [0.2, 0.25) is 0 Å². The molecular formula is C29H33F6N3O3. The molecule has 2 aliphatic rings. The summed E-state index contributed by atoms with van der Waals surface area (Å²) in [5, 5.41) is 0. The number of amides is 3. The number of benzene rings is 2. The molecule has 1 saturated carbocycles. The molecule has 0 spiro atoms. The van der Waals surface area contributed by atoms with E-state index in [0.29, 0.717) is 18.6 Å². The summed E-state index contributed by atoms with van der Waals surface area (Å²) >= 11 is 0. The van der Waals surface area contributed by atoms with E-state index in [1.54, 1.807) is 50.9 Å². The quantitative estimate of drug-likeness (QED) is 0.349. The smallest absolute Gasteiger partial charge is 0.416 e. The van der Waals surface area contributed by atoms with Crippen LogP contribution in [0.15, 0.2) is 48.5 Å². The zero-order chi connectivity index (χ0) is 30.7. The lowest BCUT2D eigenvalue weighted by atomic mass is 9.96. The Hall–Kier alpha value is -3.44. The Kier molecular flexibility index (Phi) is 7.54. The fourth-order valence-electron chi connectivity index (χ4n) is 5.71. The van der Waals surface area contributed by atoms with Crippen molar-refractivity contribution in [3.05, 3.63) is 70.8 Å². The molecule has 1 heterocycles. The van der Waals surface area contributed by atoms with E-state index in [9.17, 15) is 35.9 Å². The summed E-state index contributed by atoms with van der Waals surface area (Å²) in [6, 6.07) is 8.05. The normalized spacial score (nSPS) is 23.1. The van der Waals surface area contributed by atoms with Crippen molar-refractivity contribution in [2.45, 2.75) is 69.7 Å². The van der Waals surface area contributed by atoms with Gasteiger partial charge in [0, 0.05) is 26.6 Å². The zero-order valence-corrected chi connectivity index (χ0v) is 23.6. The van der Waals surface area contributed by atoms with Crippen LogP contribution in [-0.2, 0) is 17.1 Å². The van der Waals surface area contributed by atoms with Crippen molar-refractivity contribution in [3.8, 4) is 0 Å². The molecule has 4 rings (SSSR count). The van der Waals surface area contributed by atoms with Gasteiger partial charge in [0.05, 0.1) is 28.7 Å². The van der Waals surface area contributed by atoms with Crippen molar-refractivity contribution < 1.29 is 40.7 Å². The number of hydrogen-bond acceptors (Lipinski definition) is 3. The van der Waals surface area contributed by atoms with E-state index in [0.717, 1.165) is 10.5 Å². The highest BCUT2D eigenvalue weighted by molar-refractivity contribution is 5.78. The number of nitrogens with zero attached hydrogens (tertiary/aromatic N) is 3. The number of halogens is 6. The van der Waals surface area contributed by atoms with Crippen LogP contribution in [0.4, 0.5) is 35.9 Å². The molecule has 41 heavy (non-hydrogen) atoms. The molecule has 6 nitrogen and oxygen atoms in total. The first-order chi connectivity index (χ1) is 18.8. The average Bonchev–Trinajstić information content (AvgIpc) is 3.49. The molecular weight excluding hydrogens is 552 g/mol. The fraction of sp³-hybridized carbons (Fsp3) is 0.517. The lowest BCUT2D eigenvalue weighted by Crippen LogP contribution is -2.50. The van der Waals surface area contributed by atoms with E-state index in [-0.39, 0.29) is 24.1 Å². The summed E-state index contributed by atoms with van der Waals surface area (Å²) in [5.74, 6) is -0.0942. The van der Waals surface area contributed by atoms with Gasteiger partial charge in [0.1, 0.15) is 5.60 Å². The second-order valence-corrected chi connectivity index (χ2v) is 11.8. The lowest BCUT2D eigenvalue weighted by Gasteiger charge is -2.40. The molecule has 2 fully saturated rings. The van der Waals surface area contributed by atoms with Crippen LogP contribution >= 0.6 is 0 Å². The van der Waals surface area contributed by atoms with Crippen molar-refractivity contribution >= 4 is 12.1 Å². The van der Waals surface area contributed by atoms with Crippen LogP contribution in [0.25, 0.3) is 0 Å². The van der Waals surface area contributed by atoms with Crippen LogP contribution < -0.4 is 0 Å². The largest absolute Gasteiger partial charge is 0.444 e. The standard InChI is InChI=1S/C29H33F6N3O3/c1-17(19-12-20(28(30,31)32)14-21(13-19)29(33,34)35)36(5)24(39)38-16-22-15-27(22,23(38)18-10-8-7-9-11-18)37(6)25(40)41-26(2,3)4/h7-14,17,22-23H,15-16H2,1-6H3/t17?,22-,23-,27+/m0/s1. The highest BCUT2D eigenvalue weighted by Gasteiger charge is 2.71. The van der Waals surface area contributed by atoms with Crippen molar-refractivity contribution in [3.63, 3.8) is 0 Å². The van der Waals surface area contributed by atoms with E-state index in [1.165, 1.54) is 18.9 Å². The maximum atomic E-state index is 13.9. The summed E-state index contributed by atoms with van der Waals surface area (Å²) in [4.78, 5) is 31.2. The van der Waals surface area contributed by atoms with Crippen LogP contribution in [-0.4, -0.2) is 58.6 Å². The van der Waals surface area contributed by atoms with Gasteiger partial charge in [0.2, 0.25) is 0 Å². The van der Waals surface area contributed by atoms with E-state index < -0.39 is 58.8 Å². The number of rotatable bonds is 4. The van der Waals surface area contributed by atoms with E-state index >= 15 is 0 Å². The molecule has 1 unspecified atom stereocenters. The van der Waals surface area contributed by atoms with Crippen LogP contribution in [0.3, 0.4) is 0 Å². The maximum Gasteiger partial charge on any atom is 0.416 e. The predicted molar refractivity (Wildman–Crippen MR) is 139 cm³/mol. The number of likely N-dealkylation sites (tertiary alicyclic amines) is 1. The number of carbonyl (C=O) groups excluding carboxylic acids is 2. The highest BCUT2D eigenvalue weighted by Crippen LogP contribution is 2.63. The molecule has 0 bridgehead atoms. The topological polar surface area (TPSA) is 53.1 Å². The molecule has 1 aliphatic carbocycles. The first kappa shape index (κ1) is 30.5. The van der Waals surface area contributed by atoms with Gasteiger partial charge in [-0.1, -0.05) is 30.3 Å². The van der Waals surface area contributed by atoms with E-state index in [1.807, 2.05) is 12.1 Å². The summed E-state index contributed by atoms with van der Waals surface area (Å²) in [6.45, 7) is 6.86. The Labute approximate surface area is 234 Å². The number of carbonyl (C=O) groups is 2. The number of alkyl halides is 6. The summed E-state index contributed by atoms with van der Waals surface area (Å²) in [5.41, 5.74) is -3.98. The number of fused-ring (bicyclic) bond motifs is 1. The SMILES string of the molecule is CC(c1cc(C(F)(F)F)cc(C(F)(F)F)c1)N(C)C(=O)N1C[C@@H]2C[C@]2(N(C)C(=O)OC(C)(C)C)[C@@H]1c1ccccc1. The molecule has 224 valence electrons. The van der Waals surface area contributed by atoms with Crippen molar-refractivity contribution in [1.82, 2.24) is 14.7 Å². The van der Waals surface area contributed by atoms with Crippen LogP contribution in [0, 0.1) is 5.92 Å². The second kappa shape index (κ2) is 10.1. The highest BCUT2D eigenvalue weighted by atomic mass is 19.4. The van der Waals surface area contributed by atoms with Gasteiger partial charge < -0.3 is 19.4 Å². The molecule has 0 aromatic heterocycles. The van der Waals surface area contributed by atoms with E-state index in [4.69, 9.17) is 4.74 Å². The zero-order valence-electron chi connectivity index (χ0n) is 23.6. The molecule has 0 radical (unpaired) electrons. The Morgan fingerprint density at radius 3 is 1.98 bits per heavy atom. The van der Waals surface area contributed by atoms with Gasteiger partial charge >= 0.3 is 24.5 Å². The van der Waals surface area contributed by atoms with Crippen LogP contribution in [0.1, 0.15) is 68.5 Å². The third-order valence-electron chi connectivity index (χ3n) is 7.95. The van der Waals surface area contributed by atoms with Crippen molar-refractivity contribution in [1.29, 1.82) is 0 Å². The van der Waals surface area contributed by atoms with Gasteiger partial charge in [-0.05, 0) is 63.4 Å². The first-order valence-electron chi connectivity index (χ1n) is 13.1. The molecule has 1 aliphatic heterocycles.